The zero-order valence-corrected chi connectivity index (χ0v) is 20.0. The predicted molar refractivity (Wildman–Crippen MR) is 128 cm³/mol. The van der Waals surface area contributed by atoms with Crippen LogP contribution in [0.4, 0.5) is 4.39 Å². The number of hydrogen-bond acceptors (Lipinski definition) is 5. The van der Waals surface area contributed by atoms with Crippen molar-refractivity contribution in [2.75, 3.05) is 45.8 Å². The smallest absolute Gasteiger partial charge is 0.224 e. The number of carbonyl (C=O) groups is 1. The fourth-order valence-electron chi connectivity index (χ4n) is 3.30. The van der Waals surface area contributed by atoms with Gasteiger partial charge in [-0.15, -0.1) is 24.0 Å². The SMILES string of the molecule is CCNC(=NCCNC(=O)Cc1ccc(F)cc1)N1CCN(Cc2ccon2)CC1.I. The van der Waals surface area contributed by atoms with Gasteiger partial charge in [0.15, 0.2) is 5.96 Å². The van der Waals surface area contributed by atoms with Crippen molar-refractivity contribution in [2.45, 2.75) is 19.9 Å². The number of aromatic nitrogens is 1. The van der Waals surface area contributed by atoms with E-state index in [9.17, 15) is 9.18 Å². The molecule has 0 radical (unpaired) electrons. The van der Waals surface area contributed by atoms with Crippen molar-refractivity contribution >= 4 is 35.8 Å². The molecule has 0 atom stereocenters. The van der Waals surface area contributed by atoms with E-state index in [1.165, 1.54) is 12.1 Å². The highest BCUT2D eigenvalue weighted by Gasteiger charge is 2.20. The number of nitrogens with one attached hydrogen (secondary N) is 2. The molecule has 8 nitrogen and oxygen atoms in total. The molecule has 170 valence electrons. The molecule has 31 heavy (non-hydrogen) atoms. The first-order valence-corrected chi connectivity index (χ1v) is 10.3. The maximum absolute atomic E-state index is 12.9. The average Bonchev–Trinajstić information content (AvgIpc) is 3.26. The van der Waals surface area contributed by atoms with E-state index in [1.54, 1.807) is 18.4 Å². The van der Waals surface area contributed by atoms with Crippen LogP contribution in [0, 0.1) is 5.82 Å². The van der Waals surface area contributed by atoms with E-state index in [0.29, 0.717) is 13.1 Å². The third-order valence-electron chi connectivity index (χ3n) is 4.86. The molecule has 1 amide bonds. The van der Waals surface area contributed by atoms with Crippen LogP contribution in [0.25, 0.3) is 0 Å². The van der Waals surface area contributed by atoms with Crippen LogP contribution in [-0.4, -0.2) is 72.6 Å². The van der Waals surface area contributed by atoms with Crippen molar-refractivity contribution in [3.63, 3.8) is 0 Å². The highest BCUT2D eigenvalue weighted by atomic mass is 127. The van der Waals surface area contributed by atoms with Crippen LogP contribution in [0.2, 0.25) is 0 Å². The molecule has 1 aromatic carbocycles. The Morgan fingerprint density at radius 3 is 2.55 bits per heavy atom. The molecule has 2 N–H and O–H groups in total. The number of rotatable bonds is 8. The van der Waals surface area contributed by atoms with Crippen LogP contribution in [0.15, 0.2) is 46.1 Å². The first-order chi connectivity index (χ1) is 14.6. The molecule has 0 spiro atoms. The maximum atomic E-state index is 12.9. The average molecular weight is 544 g/mol. The van der Waals surface area contributed by atoms with Crippen LogP contribution in [0.1, 0.15) is 18.2 Å². The molecule has 1 aliphatic heterocycles. The largest absolute Gasteiger partial charge is 0.364 e. The van der Waals surface area contributed by atoms with Gasteiger partial charge in [-0.1, -0.05) is 17.3 Å². The number of benzene rings is 1. The lowest BCUT2D eigenvalue weighted by molar-refractivity contribution is -0.120. The van der Waals surface area contributed by atoms with Crippen LogP contribution in [-0.2, 0) is 17.8 Å². The van der Waals surface area contributed by atoms with E-state index in [1.807, 2.05) is 13.0 Å². The van der Waals surface area contributed by atoms with E-state index >= 15 is 0 Å². The molecule has 1 saturated heterocycles. The Labute approximate surface area is 199 Å². The maximum Gasteiger partial charge on any atom is 0.224 e. The third-order valence-corrected chi connectivity index (χ3v) is 4.86. The van der Waals surface area contributed by atoms with Crippen molar-refractivity contribution in [1.82, 2.24) is 25.6 Å². The zero-order chi connectivity index (χ0) is 21.2. The minimum atomic E-state index is -0.302. The minimum absolute atomic E-state index is 0. The minimum Gasteiger partial charge on any atom is -0.364 e. The predicted octanol–water partition coefficient (Wildman–Crippen LogP) is 1.87. The number of carbonyl (C=O) groups excluding carboxylic acids is 1. The third kappa shape index (κ3) is 8.44. The summed E-state index contributed by atoms with van der Waals surface area (Å²) in [5.74, 6) is 0.470. The second-order valence-electron chi connectivity index (χ2n) is 7.14. The van der Waals surface area contributed by atoms with Gasteiger partial charge < -0.3 is 20.1 Å². The molecule has 3 rings (SSSR count). The Kier molecular flexibility index (Phi) is 10.7. The van der Waals surface area contributed by atoms with Gasteiger partial charge in [0.2, 0.25) is 5.91 Å². The number of halogens is 2. The summed E-state index contributed by atoms with van der Waals surface area (Å²) in [5.41, 5.74) is 1.73. The molecule has 1 fully saturated rings. The van der Waals surface area contributed by atoms with Crippen molar-refractivity contribution in [3.8, 4) is 0 Å². The Hall–Kier alpha value is -2.21. The summed E-state index contributed by atoms with van der Waals surface area (Å²) in [4.78, 5) is 21.3. The van der Waals surface area contributed by atoms with Crippen molar-refractivity contribution < 1.29 is 13.7 Å². The summed E-state index contributed by atoms with van der Waals surface area (Å²) in [6, 6.07) is 7.86. The number of piperazine rings is 1. The lowest BCUT2D eigenvalue weighted by Gasteiger charge is -2.36. The molecular weight excluding hydrogens is 514 g/mol. The summed E-state index contributed by atoms with van der Waals surface area (Å²) >= 11 is 0. The van der Waals surface area contributed by atoms with Crippen molar-refractivity contribution in [3.05, 3.63) is 53.7 Å². The summed E-state index contributed by atoms with van der Waals surface area (Å²) in [6.07, 6.45) is 1.83. The van der Waals surface area contributed by atoms with E-state index in [2.05, 4.69) is 30.6 Å². The number of nitrogens with zero attached hydrogens (tertiary/aromatic N) is 4. The first kappa shape index (κ1) is 25.1. The van der Waals surface area contributed by atoms with Gasteiger partial charge in [-0.25, -0.2) is 4.39 Å². The number of aliphatic imine (C=N–C) groups is 1. The van der Waals surface area contributed by atoms with Crippen LogP contribution >= 0.6 is 24.0 Å². The fraction of sp³-hybridized carbons (Fsp3) is 0.476. The van der Waals surface area contributed by atoms with E-state index in [0.717, 1.165) is 56.5 Å². The lowest BCUT2D eigenvalue weighted by Crippen LogP contribution is -2.52. The fourth-order valence-corrected chi connectivity index (χ4v) is 3.30. The molecule has 0 bridgehead atoms. The zero-order valence-electron chi connectivity index (χ0n) is 17.7. The Morgan fingerprint density at radius 1 is 1.16 bits per heavy atom. The van der Waals surface area contributed by atoms with E-state index in [4.69, 9.17) is 4.52 Å². The molecule has 2 heterocycles. The second-order valence-corrected chi connectivity index (χ2v) is 7.14. The summed E-state index contributed by atoms with van der Waals surface area (Å²) in [6.45, 7) is 8.17. The Bertz CT molecular complexity index is 808. The number of guanidine groups is 1. The summed E-state index contributed by atoms with van der Waals surface area (Å²) in [5, 5.41) is 10.2. The van der Waals surface area contributed by atoms with Crippen LogP contribution < -0.4 is 10.6 Å². The summed E-state index contributed by atoms with van der Waals surface area (Å²) < 4.78 is 17.8. The first-order valence-electron chi connectivity index (χ1n) is 10.3. The van der Waals surface area contributed by atoms with E-state index in [-0.39, 0.29) is 42.1 Å². The molecule has 2 aromatic rings. The highest BCUT2D eigenvalue weighted by molar-refractivity contribution is 14.0. The molecule has 0 unspecified atom stereocenters. The van der Waals surface area contributed by atoms with Crippen molar-refractivity contribution in [1.29, 1.82) is 0 Å². The van der Waals surface area contributed by atoms with Gasteiger partial charge in [0.05, 0.1) is 18.7 Å². The van der Waals surface area contributed by atoms with Crippen LogP contribution in [0.5, 0.6) is 0 Å². The Morgan fingerprint density at radius 2 is 1.90 bits per heavy atom. The van der Waals surface area contributed by atoms with Gasteiger partial charge in [0.25, 0.3) is 0 Å². The van der Waals surface area contributed by atoms with Gasteiger partial charge in [0, 0.05) is 51.9 Å². The second kappa shape index (κ2) is 13.3. The topological polar surface area (TPSA) is 86.0 Å². The number of hydrogen-bond donors (Lipinski definition) is 2. The molecule has 1 aliphatic rings. The van der Waals surface area contributed by atoms with Crippen molar-refractivity contribution in [2.24, 2.45) is 4.99 Å². The lowest BCUT2D eigenvalue weighted by atomic mass is 10.1. The van der Waals surface area contributed by atoms with Gasteiger partial charge in [-0.3, -0.25) is 14.7 Å². The van der Waals surface area contributed by atoms with Gasteiger partial charge in [-0.05, 0) is 24.6 Å². The van der Waals surface area contributed by atoms with Gasteiger partial charge in [-0.2, -0.15) is 0 Å². The molecular formula is C21H30FIN6O2. The molecule has 0 saturated carbocycles. The van der Waals surface area contributed by atoms with Gasteiger partial charge >= 0.3 is 0 Å². The molecule has 0 aliphatic carbocycles. The standard InChI is InChI=1S/C21H29FN6O2.HI/c1-2-23-21(28-12-10-27(11-13-28)16-19-7-14-30-26-19)25-9-8-24-20(29)15-17-3-5-18(22)6-4-17;/h3-7,14H,2,8-13,15-16H2,1H3,(H,23,25)(H,24,29);1H. The monoisotopic (exact) mass is 544 g/mol. The molecule has 1 aromatic heterocycles. The summed E-state index contributed by atoms with van der Waals surface area (Å²) in [7, 11) is 0. The Balaban J connectivity index is 0.00000341. The highest BCUT2D eigenvalue weighted by Crippen LogP contribution is 2.07. The van der Waals surface area contributed by atoms with Gasteiger partial charge in [0.1, 0.15) is 12.1 Å². The van der Waals surface area contributed by atoms with E-state index < -0.39 is 0 Å². The normalized spacial score (nSPS) is 14.8. The number of amides is 1. The molecule has 10 heteroatoms. The quantitative estimate of drug-likeness (QED) is 0.229. The van der Waals surface area contributed by atoms with Crippen LogP contribution in [0.3, 0.4) is 0 Å².